The average molecular weight is 1160 g/mol. The quantitative estimate of drug-likeness (QED) is 0.0243. The van der Waals surface area contributed by atoms with Crippen molar-refractivity contribution in [3.63, 3.8) is 0 Å². The number of quaternary nitrogens is 1. The van der Waals surface area contributed by atoms with Crippen molar-refractivity contribution in [1.82, 2.24) is 5.32 Å². The van der Waals surface area contributed by atoms with Crippen molar-refractivity contribution in [2.75, 3.05) is 40.9 Å². The molecule has 0 saturated heterocycles. The monoisotopic (exact) mass is 1160 g/mol. The Bertz CT molecular complexity index is 1460. The minimum Gasteiger partial charge on any atom is -0.391 e. The van der Waals surface area contributed by atoms with Gasteiger partial charge in [0.15, 0.2) is 0 Å². The number of phosphoric ester groups is 1. The summed E-state index contributed by atoms with van der Waals surface area (Å²) in [5.41, 5.74) is 0. The van der Waals surface area contributed by atoms with Crippen LogP contribution in [0.1, 0.15) is 354 Å². The largest absolute Gasteiger partial charge is 0.472 e. The molecule has 0 rings (SSSR count). The number of unbranched alkanes of at least 4 members (excludes halogenated alkanes) is 45. The highest BCUT2D eigenvalue weighted by Crippen LogP contribution is 2.43. The Morgan fingerprint density at radius 2 is 0.741 bits per heavy atom. The predicted octanol–water partition coefficient (Wildman–Crippen LogP) is 22.6. The summed E-state index contributed by atoms with van der Waals surface area (Å²) < 4.78 is 23.9. The molecular formula is C72H140N2O6P+. The highest BCUT2D eigenvalue weighted by atomic mass is 31.2. The SMILES string of the molecule is CC/C=C\C/C=C\C/C=C\C/C=C\CCCCCCCCCCCCCCCCC(=O)NC(COP(=O)(O)OCC[N+](C)(C)C)C(O)CCCCCCCCCCCCCCCCCCCCCCCCCCCCCCCCCC. The second-order valence-electron chi connectivity index (χ2n) is 25.6. The molecule has 3 atom stereocenters. The number of likely N-dealkylation sites (N-methyl/N-ethyl adjacent to an activating group) is 1. The zero-order chi connectivity index (χ0) is 59.1. The van der Waals surface area contributed by atoms with Crippen LogP contribution in [0.5, 0.6) is 0 Å². The van der Waals surface area contributed by atoms with Gasteiger partial charge in [-0.3, -0.25) is 13.8 Å². The number of rotatable bonds is 66. The van der Waals surface area contributed by atoms with E-state index in [2.05, 4.69) is 67.8 Å². The van der Waals surface area contributed by atoms with E-state index in [1.165, 1.54) is 263 Å². The summed E-state index contributed by atoms with van der Waals surface area (Å²) >= 11 is 0. The van der Waals surface area contributed by atoms with E-state index in [1.54, 1.807) is 0 Å². The van der Waals surface area contributed by atoms with Gasteiger partial charge in [-0.05, 0) is 51.4 Å². The number of allylic oxidation sites excluding steroid dienone is 8. The third kappa shape index (κ3) is 65.9. The maximum Gasteiger partial charge on any atom is 0.472 e. The normalized spacial score (nSPS) is 13.9. The number of aliphatic hydroxyl groups is 1. The summed E-state index contributed by atoms with van der Waals surface area (Å²) in [6, 6.07) is -0.764. The van der Waals surface area contributed by atoms with E-state index in [0.717, 1.165) is 64.2 Å². The molecule has 0 radical (unpaired) electrons. The molecule has 0 saturated carbocycles. The van der Waals surface area contributed by atoms with Gasteiger partial charge in [0, 0.05) is 6.42 Å². The van der Waals surface area contributed by atoms with E-state index in [9.17, 15) is 19.4 Å². The van der Waals surface area contributed by atoms with Gasteiger partial charge in [0.2, 0.25) is 5.91 Å². The first-order chi connectivity index (χ1) is 39.5. The van der Waals surface area contributed by atoms with Gasteiger partial charge in [-0.1, -0.05) is 345 Å². The van der Waals surface area contributed by atoms with Gasteiger partial charge in [-0.25, -0.2) is 4.57 Å². The Hall–Kier alpha value is -1.54. The minimum absolute atomic E-state index is 0.0749. The number of hydrogen-bond donors (Lipinski definition) is 3. The van der Waals surface area contributed by atoms with Crippen LogP contribution in [0.15, 0.2) is 48.6 Å². The molecule has 3 N–H and O–H groups in total. The molecule has 0 spiro atoms. The molecule has 1 amide bonds. The number of phosphoric acid groups is 1. The van der Waals surface area contributed by atoms with Crippen molar-refractivity contribution in [2.24, 2.45) is 0 Å². The Balaban J connectivity index is 4.00. The molecule has 0 aromatic heterocycles. The Morgan fingerprint density at radius 3 is 1.09 bits per heavy atom. The maximum absolute atomic E-state index is 13.1. The molecule has 3 unspecified atom stereocenters. The molecule has 0 heterocycles. The van der Waals surface area contributed by atoms with E-state index in [-0.39, 0.29) is 19.1 Å². The highest BCUT2D eigenvalue weighted by Gasteiger charge is 2.28. The van der Waals surface area contributed by atoms with E-state index in [0.29, 0.717) is 23.9 Å². The average Bonchev–Trinajstić information content (AvgIpc) is 3.43. The molecule has 0 aliphatic carbocycles. The van der Waals surface area contributed by atoms with Crippen molar-refractivity contribution in [3.8, 4) is 0 Å². The van der Waals surface area contributed by atoms with Crippen LogP contribution in [0.4, 0.5) is 0 Å². The van der Waals surface area contributed by atoms with E-state index in [1.807, 2.05) is 21.1 Å². The van der Waals surface area contributed by atoms with Crippen LogP contribution in [-0.2, 0) is 18.4 Å². The van der Waals surface area contributed by atoms with Crippen molar-refractivity contribution in [2.45, 2.75) is 366 Å². The predicted molar refractivity (Wildman–Crippen MR) is 355 cm³/mol. The van der Waals surface area contributed by atoms with Crippen LogP contribution in [-0.4, -0.2) is 73.4 Å². The Kier molecular flexibility index (Phi) is 61.8. The molecular weight excluding hydrogens is 1020 g/mol. The maximum atomic E-state index is 13.1. The van der Waals surface area contributed by atoms with Gasteiger partial charge < -0.3 is 19.8 Å². The van der Waals surface area contributed by atoms with Crippen LogP contribution >= 0.6 is 7.82 Å². The lowest BCUT2D eigenvalue weighted by atomic mass is 10.0. The van der Waals surface area contributed by atoms with Gasteiger partial charge >= 0.3 is 7.82 Å². The number of nitrogens with one attached hydrogen (secondary N) is 1. The van der Waals surface area contributed by atoms with E-state index in [4.69, 9.17) is 9.05 Å². The third-order valence-corrected chi connectivity index (χ3v) is 17.3. The zero-order valence-corrected chi connectivity index (χ0v) is 55.7. The number of hydrogen-bond acceptors (Lipinski definition) is 5. The number of aliphatic hydroxyl groups excluding tert-OH is 1. The lowest BCUT2D eigenvalue weighted by Gasteiger charge is -2.26. The van der Waals surface area contributed by atoms with Crippen molar-refractivity contribution in [1.29, 1.82) is 0 Å². The third-order valence-electron chi connectivity index (χ3n) is 16.3. The van der Waals surface area contributed by atoms with Crippen molar-refractivity contribution in [3.05, 3.63) is 48.6 Å². The first kappa shape index (κ1) is 79.5. The summed E-state index contributed by atoms with van der Waals surface area (Å²) in [6.45, 7) is 4.83. The minimum atomic E-state index is -4.33. The molecule has 8 nitrogen and oxygen atoms in total. The lowest BCUT2D eigenvalue weighted by Crippen LogP contribution is -2.46. The first-order valence-corrected chi connectivity index (χ1v) is 37.0. The standard InChI is InChI=1S/C72H139N2O6P/c1-6-8-10-12-14-16-18-20-22-24-26-28-30-32-34-35-36-37-38-40-41-43-45-47-49-51-53-55-57-59-61-63-65-71(75)70(69-80-81(77,78)79-68-67-74(3,4)5)73-72(76)66-64-62-60-58-56-54-52-50-48-46-44-42-39-33-31-29-27-25-23-21-19-17-15-13-11-9-7-2/h9,11,15,17,21,23,27,29,70-71,75H,6-8,10,12-14,16,18-20,22,24-26,28,30-69H2,1-5H3,(H-,73,76,77,78)/p+1/b11-9-,17-15-,23-21-,29-27-. The molecule has 0 aliphatic rings. The fraction of sp³-hybridized carbons (Fsp3) is 0.875. The number of amides is 1. The smallest absolute Gasteiger partial charge is 0.391 e. The molecule has 0 aliphatic heterocycles. The molecule has 9 heteroatoms. The second-order valence-corrected chi connectivity index (χ2v) is 27.0. The Morgan fingerprint density at radius 1 is 0.432 bits per heavy atom. The molecule has 0 aromatic carbocycles. The Labute approximate surface area is 505 Å². The molecule has 478 valence electrons. The summed E-state index contributed by atoms with van der Waals surface area (Å²) in [4.78, 5) is 23.5. The first-order valence-electron chi connectivity index (χ1n) is 35.5. The fourth-order valence-electron chi connectivity index (χ4n) is 10.9. The van der Waals surface area contributed by atoms with Gasteiger partial charge in [0.05, 0.1) is 39.9 Å². The second kappa shape index (κ2) is 63.0. The molecule has 81 heavy (non-hydrogen) atoms. The van der Waals surface area contributed by atoms with E-state index < -0.39 is 20.0 Å². The van der Waals surface area contributed by atoms with Crippen LogP contribution in [0, 0.1) is 0 Å². The number of nitrogens with zero attached hydrogens (tertiary/aromatic N) is 1. The number of carbonyl (C=O) groups excluding carboxylic acids is 1. The zero-order valence-electron chi connectivity index (χ0n) is 54.8. The summed E-state index contributed by atoms with van der Waals surface area (Å²) in [7, 11) is 1.63. The highest BCUT2D eigenvalue weighted by molar-refractivity contribution is 7.47. The van der Waals surface area contributed by atoms with Crippen LogP contribution in [0.3, 0.4) is 0 Å². The van der Waals surface area contributed by atoms with Gasteiger partial charge in [0.25, 0.3) is 0 Å². The topological polar surface area (TPSA) is 105 Å². The van der Waals surface area contributed by atoms with E-state index >= 15 is 0 Å². The molecule has 0 bridgehead atoms. The molecule has 0 fully saturated rings. The summed E-state index contributed by atoms with van der Waals surface area (Å²) in [5, 5.41) is 14.2. The fourth-order valence-corrected chi connectivity index (χ4v) is 11.6. The van der Waals surface area contributed by atoms with Crippen LogP contribution < -0.4 is 5.32 Å². The van der Waals surface area contributed by atoms with Gasteiger partial charge in [-0.15, -0.1) is 0 Å². The molecule has 0 aromatic rings. The van der Waals surface area contributed by atoms with Crippen LogP contribution in [0.25, 0.3) is 0 Å². The summed E-state index contributed by atoms with van der Waals surface area (Å²) in [5.74, 6) is -0.140. The van der Waals surface area contributed by atoms with Crippen molar-refractivity contribution < 1.29 is 32.9 Å². The lowest BCUT2D eigenvalue weighted by molar-refractivity contribution is -0.870. The van der Waals surface area contributed by atoms with Gasteiger partial charge in [0.1, 0.15) is 13.2 Å². The van der Waals surface area contributed by atoms with Gasteiger partial charge in [-0.2, -0.15) is 0 Å². The van der Waals surface area contributed by atoms with Crippen LogP contribution in [0.2, 0.25) is 0 Å². The summed E-state index contributed by atoms with van der Waals surface area (Å²) in [6.07, 6.45) is 85.1. The van der Waals surface area contributed by atoms with Crippen molar-refractivity contribution >= 4 is 13.7 Å². The number of carbonyl (C=O) groups is 1.